The molecule has 4 heterocycles. The number of carbonyl (C=O) groups is 1. The van der Waals surface area contributed by atoms with Crippen LogP contribution in [0.2, 0.25) is 0 Å². The van der Waals surface area contributed by atoms with Crippen LogP contribution in [0.5, 0.6) is 11.8 Å². The Hall–Kier alpha value is -4.93. The van der Waals surface area contributed by atoms with Gasteiger partial charge in [-0.05, 0) is 49.4 Å². The molecule has 0 spiro atoms. The summed E-state index contributed by atoms with van der Waals surface area (Å²) < 4.78 is 52.3. The van der Waals surface area contributed by atoms with Crippen molar-refractivity contribution in [3.63, 3.8) is 0 Å². The average molecular weight is 675 g/mol. The highest BCUT2D eigenvalue weighted by atomic mass is 19.1. The molecule has 2 aromatic carbocycles. The average Bonchev–Trinajstić information content (AvgIpc) is 3.66. The third kappa shape index (κ3) is 6.34. The van der Waals surface area contributed by atoms with Crippen molar-refractivity contribution < 1.29 is 32.9 Å². The van der Waals surface area contributed by atoms with Gasteiger partial charge in [-0.1, -0.05) is 18.6 Å². The smallest absolute Gasteiger partial charge is 0.319 e. The third-order valence-corrected chi connectivity index (χ3v) is 9.50. The summed E-state index contributed by atoms with van der Waals surface area (Å²) >= 11 is 0. The number of nitrogens with zero attached hydrogens (tertiary/aromatic N) is 6. The topological polar surface area (TPSA) is 115 Å². The van der Waals surface area contributed by atoms with Crippen LogP contribution in [0.3, 0.4) is 0 Å². The maximum Gasteiger partial charge on any atom is 0.319 e. The number of aromatic nitrogens is 3. The fourth-order valence-corrected chi connectivity index (χ4v) is 7.14. The number of phenols is 1. The van der Waals surface area contributed by atoms with Gasteiger partial charge in [-0.15, -0.1) is 6.42 Å². The van der Waals surface area contributed by atoms with Gasteiger partial charge in [0.05, 0.1) is 23.1 Å². The van der Waals surface area contributed by atoms with Crippen molar-refractivity contribution in [1.82, 2.24) is 24.8 Å². The summed E-state index contributed by atoms with van der Waals surface area (Å²) in [5.41, 5.74) is -1.23. The Morgan fingerprint density at radius 3 is 2.84 bits per heavy atom. The Morgan fingerprint density at radius 2 is 2.10 bits per heavy atom. The molecule has 3 atom stereocenters. The quantitative estimate of drug-likeness (QED) is 0.184. The van der Waals surface area contributed by atoms with Gasteiger partial charge in [0.15, 0.2) is 5.82 Å². The zero-order valence-electron chi connectivity index (χ0n) is 27.3. The molecule has 10 nitrogen and oxygen atoms in total. The molecule has 0 bridgehead atoms. The normalized spacial score (nSPS) is 21.0. The number of aliphatic hydroxyl groups is 1. The molecule has 2 N–H and O–H groups in total. The summed E-state index contributed by atoms with van der Waals surface area (Å²) in [5, 5.41) is 20.9. The number of rotatable bonds is 10. The van der Waals surface area contributed by atoms with Crippen molar-refractivity contribution in [3.8, 4) is 35.4 Å². The number of aliphatic hydroxyl groups excluding tert-OH is 1. The number of halogens is 3. The van der Waals surface area contributed by atoms with E-state index in [9.17, 15) is 23.8 Å². The Labute approximate surface area is 281 Å². The minimum Gasteiger partial charge on any atom is -0.508 e. The molecule has 2 aliphatic rings. The monoisotopic (exact) mass is 674 g/mol. The van der Waals surface area contributed by atoms with Crippen LogP contribution in [0.4, 0.5) is 19.0 Å². The predicted molar refractivity (Wildman–Crippen MR) is 180 cm³/mol. The SMILES string of the molecule is C#Cc1c(F)ccc2cc(O)cc(-c3ncc4c(N(C)C[C@@H]5CCCN5C(=O)C=C)nc(OC[C@]5(C)C[C@@H](F)CN5CCO)nc4c3F)c12. The summed E-state index contributed by atoms with van der Waals surface area (Å²) in [6.45, 7) is 6.54. The van der Waals surface area contributed by atoms with Gasteiger partial charge in [0.2, 0.25) is 5.91 Å². The number of terminal acetylenes is 1. The Balaban J connectivity index is 1.48. The summed E-state index contributed by atoms with van der Waals surface area (Å²) in [4.78, 5) is 31.4. The second-order valence-corrected chi connectivity index (χ2v) is 12.8. The van der Waals surface area contributed by atoms with Gasteiger partial charge in [0, 0.05) is 62.8 Å². The maximum absolute atomic E-state index is 16.8. The van der Waals surface area contributed by atoms with E-state index in [-0.39, 0.29) is 95.4 Å². The molecular formula is C36H37F3N6O4. The molecule has 256 valence electrons. The van der Waals surface area contributed by atoms with Crippen molar-refractivity contribution in [2.45, 2.75) is 43.9 Å². The molecule has 4 aromatic rings. The summed E-state index contributed by atoms with van der Waals surface area (Å²) in [7, 11) is 1.76. The van der Waals surface area contributed by atoms with Crippen molar-refractivity contribution in [2.75, 3.05) is 51.3 Å². The number of pyridine rings is 1. The summed E-state index contributed by atoms with van der Waals surface area (Å²) in [5.74, 6) is 0.641. The highest BCUT2D eigenvalue weighted by Gasteiger charge is 2.43. The van der Waals surface area contributed by atoms with Gasteiger partial charge < -0.3 is 24.7 Å². The molecule has 2 aromatic heterocycles. The van der Waals surface area contributed by atoms with Crippen molar-refractivity contribution in [3.05, 3.63) is 60.3 Å². The second kappa shape index (κ2) is 13.5. The number of benzene rings is 2. The molecule has 2 fully saturated rings. The van der Waals surface area contributed by atoms with Crippen LogP contribution in [0.1, 0.15) is 31.7 Å². The van der Waals surface area contributed by atoms with E-state index in [0.717, 1.165) is 12.8 Å². The van der Waals surface area contributed by atoms with E-state index in [2.05, 4.69) is 27.5 Å². The largest absolute Gasteiger partial charge is 0.508 e. The van der Waals surface area contributed by atoms with Gasteiger partial charge in [0.25, 0.3) is 0 Å². The van der Waals surface area contributed by atoms with E-state index in [1.165, 1.54) is 36.5 Å². The highest BCUT2D eigenvalue weighted by Crippen LogP contribution is 2.39. The van der Waals surface area contributed by atoms with E-state index in [1.54, 1.807) is 21.7 Å². The molecule has 0 unspecified atom stereocenters. The lowest BCUT2D eigenvalue weighted by atomic mass is 9.96. The van der Waals surface area contributed by atoms with Crippen LogP contribution in [0.15, 0.2) is 43.1 Å². The zero-order chi connectivity index (χ0) is 35.0. The molecule has 1 amide bonds. The number of hydrogen-bond donors (Lipinski definition) is 2. The van der Waals surface area contributed by atoms with Crippen LogP contribution in [-0.4, -0.2) is 105 Å². The number of anilines is 1. The fourth-order valence-electron chi connectivity index (χ4n) is 7.14. The van der Waals surface area contributed by atoms with E-state index < -0.39 is 23.3 Å². The number of carbonyl (C=O) groups excluding carboxylic acids is 1. The van der Waals surface area contributed by atoms with Crippen molar-refractivity contribution >= 4 is 33.4 Å². The molecule has 6 rings (SSSR count). The van der Waals surface area contributed by atoms with E-state index in [4.69, 9.17) is 11.2 Å². The number of amides is 1. The third-order valence-electron chi connectivity index (χ3n) is 9.50. The minimum absolute atomic E-state index is 0.0477. The lowest BCUT2D eigenvalue weighted by molar-refractivity contribution is -0.126. The second-order valence-electron chi connectivity index (χ2n) is 12.8. The van der Waals surface area contributed by atoms with Crippen molar-refractivity contribution in [1.29, 1.82) is 0 Å². The zero-order valence-corrected chi connectivity index (χ0v) is 27.3. The van der Waals surface area contributed by atoms with Crippen LogP contribution in [0.25, 0.3) is 32.9 Å². The number of aromatic hydroxyl groups is 1. The van der Waals surface area contributed by atoms with Crippen LogP contribution in [-0.2, 0) is 4.79 Å². The number of likely N-dealkylation sites (tertiary alicyclic amines) is 2. The molecule has 2 saturated heterocycles. The molecular weight excluding hydrogens is 637 g/mol. The number of β-amino-alcohol motifs (C(OH)–C–C–N with tert-alkyl or cyclic N) is 1. The first-order valence-electron chi connectivity index (χ1n) is 16.0. The first-order valence-corrected chi connectivity index (χ1v) is 16.0. The Kier molecular flexibility index (Phi) is 9.37. The summed E-state index contributed by atoms with van der Waals surface area (Å²) in [6, 6.07) is 4.93. The molecule has 13 heteroatoms. The van der Waals surface area contributed by atoms with E-state index in [0.29, 0.717) is 18.5 Å². The Morgan fingerprint density at radius 1 is 1.31 bits per heavy atom. The number of alkyl halides is 1. The Bertz CT molecular complexity index is 1990. The van der Waals surface area contributed by atoms with Gasteiger partial charge in [-0.25, -0.2) is 13.2 Å². The number of hydrogen-bond acceptors (Lipinski definition) is 9. The lowest BCUT2D eigenvalue weighted by Gasteiger charge is -2.34. The molecule has 0 radical (unpaired) electrons. The first-order chi connectivity index (χ1) is 23.5. The molecule has 2 aliphatic heterocycles. The van der Waals surface area contributed by atoms with Gasteiger partial charge in [-0.3, -0.25) is 14.7 Å². The van der Waals surface area contributed by atoms with Crippen LogP contribution >= 0.6 is 0 Å². The molecule has 49 heavy (non-hydrogen) atoms. The van der Waals surface area contributed by atoms with E-state index >= 15 is 4.39 Å². The predicted octanol–water partition coefficient (Wildman–Crippen LogP) is 4.60. The fraction of sp³-hybridized carbons (Fsp3) is 0.389. The van der Waals surface area contributed by atoms with Crippen LogP contribution < -0.4 is 9.64 Å². The van der Waals surface area contributed by atoms with Crippen molar-refractivity contribution in [2.24, 2.45) is 0 Å². The number of ether oxygens (including phenoxy) is 1. The van der Waals surface area contributed by atoms with Gasteiger partial charge in [-0.2, -0.15) is 9.97 Å². The van der Waals surface area contributed by atoms with Crippen LogP contribution in [0, 0.1) is 24.0 Å². The number of fused-ring (bicyclic) bond motifs is 2. The standard InChI is InChI=1S/C36H37F3N6O4/c1-5-25-28(38)10-9-21-14-24(47)15-26(30(21)25)32-31(39)33-27(17-40-32)34(43(4)19-23-8-7-11-45(23)29(48)6-2)42-35(41-33)49-20-36(3)16-22(37)18-44(36)12-13-46/h1,6,9-10,14-15,17,22-23,46-47H,2,7-8,11-13,16,18-20H2,3-4H3/t22-,23+,36+/m1/s1. The summed E-state index contributed by atoms with van der Waals surface area (Å²) in [6.07, 6.45) is 8.93. The highest BCUT2D eigenvalue weighted by molar-refractivity contribution is 6.03. The molecule has 0 saturated carbocycles. The molecule has 0 aliphatic carbocycles. The van der Waals surface area contributed by atoms with Gasteiger partial charge in [0.1, 0.15) is 41.4 Å². The lowest BCUT2D eigenvalue weighted by Crippen LogP contribution is -2.47. The first kappa shape index (κ1) is 34.0. The maximum atomic E-state index is 16.8. The van der Waals surface area contributed by atoms with E-state index in [1.807, 2.05) is 6.92 Å². The van der Waals surface area contributed by atoms with Gasteiger partial charge >= 0.3 is 6.01 Å². The number of phenolic OH excluding ortho intramolecular Hbond substituents is 1. The number of likely N-dealkylation sites (N-methyl/N-ethyl adjacent to an activating group) is 1. The minimum atomic E-state index is -1.12.